The molecule has 2 aromatic heterocycles. The van der Waals surface area contributed by atoms with Gasteiger partial charge in [-0.25, -0.2) is 4.98 Å². The summed E-state index contributed by atoms with van der Waals surface area (Å²) in [6.45, 7) is 2.47. The maximum Gasteiger partial charge on any atom is 0.270 e. The standard InChI is InChI=1S/C17H15N3O3/c1-2-23-13-8-6-12(7-9-13)19-16(21)14-11-18-15-5-3-4-10-20(15)17(14)22/h3-11H,2H2,1H3,(H,19,21). The van der Waals surface area contributed by atoms with Crippen molar-refractivity contribution in [1.82, 2.24) is 9.38 Å². The van der Waals surface area contributed by atoms with Crippen LogP contribution in [0.3, 0.4) is 0 Å². The number of anilines is 1. The molecule has 23 heavy (non-hydrogen) atoms. The van der Waals surface area contributed by atoms with Gasteiger partial charge in [-0.2, -0.15) is 0 Å². The number of pyridine rings is 1. The van der Waals surface area contributed by atoms with E-state index in [1.54, 1.807) is 48.7 Å². The Balaban J connectivity index is 1.86. The molecule has 0 fully saturated rings. The molecule has 6 nitrogen and oxygen atoms in total. The highest BCUT2D eigenvalue weighted by atomic mass is 16.5. The summed E-state index contributed by atoms with van der Waals surface area (Å²) in [4.78, 5) is 28.8. The van der Waals surface area contributed by atoms with Gasteiger partial charge in [0, 0.05) is 18.1 Å². The van der Waals surface area contributed by atoms with Gasteiger partial charge in [0.1, 0.15) is 17.0 Å². The highest BCUT2D eigenvalue weighted by Crippen LogP contribution is 2.16. The summed E-state index contributed by atoms with van der Waals surface area (Å²) in [6, 6.07) is 12.1. The Morgan fingerprint density at radius 1 is 1.22 bits per heavy atom. The van der Waals surface area contributed by atoms with Crippen molar-refractivity contribution in [1.29, 1.82) is 0 Å². The minimum Gasteiger partial charge on any atom is -0.494 e. The summed E-state index contributed by atoms with van der Waals surface area (Å²) in [5, 5.41) is 2.69. The van der Waals surface area contributed by atoms with Crippen molar-refractivity contribution in [3.8, 4) is 5.75 Å². The Hall–Kier alpha value is -3.15. The van der Waals surface area contributed by atoms with Crippen molar-refractivity contribution >= 4 is 17.2 Å². The molecule has 2 heterocycles. The molecule has 6 heteroatoms. The summed E-state index contributed by atoms with van der Waals surface area (Å²) in [7, 11) is 0. The molecule has 0 aliphatic heterocycles. The third-order valence-electron chi connectivity index (χ3n) is 3.28. The van der Waals surface area contributed by atoms with E-state index in [0.29, 0.717) is 17.9 Å². The quantitative estimate of drug-likeness (QED) is 0.803. The van der Waals surface area contributed by atoms with Crippen molar-refractivity contribution in [2.24, 2.45) is 0 Å². The molecule has 1 N–H and O–H groups in total. The number of aromatic nitrogens is 2. The first-order valence-corrected chi connectivity index (χ1v) is 7.19. The summed E-state index contributed by atoms with van der Waals surface area (Å²) in [5.74, 6) is 0.225. The van der Waals surface area contributed by atoms with Crippen LogP contribution >= 0.6 is 0 Å². The molecule has 0 aliphatic carbocycles. The predicted molar refractivity (Wildman–Crippen MR) is 87.0 cm³/mol. The molecule has 0 unspecified atom stereocenters. The molecule has 0 radical (unpaired) electrons. The second-order valence-corrected chi connectivity index (χ2v) is 4.82. The van der Waals surface area contributed by atoms with Crippen LogP contribution in [0.1, 0.15) is 17.3 Å². The number of rotatable bonds is 4. The van der Waals surface area contributed by atoms with Crippen molar-refractivity contribution in [2.75, 3.05) is 11.9 Å². The SMILES string of the molecule is CCOc1ccc(NC(=O)c2cnc3ccccn3c2=O)cc1. The normalized spacial score (nSPS) is 10.5. The van der Waals surface area contributed by atoms with Crippen LogP contribution < -0.4 is 15.6 Å². The largest absolute Gasteiger partial charge is 0.494 e. The van der Waals surface area contributed by atoms with E-state index in [0.717, 1.165) is 5.75 Å². The molecular formula is C17H15N3O3. The zero-order chi connectivity index (χ0) is 16.2. The smallest absolute Gasteiger partial charge is 0.270 e. The summed E-state index contributed by atoms with van der Waals surface area (Å²) in [5.41, 5.74) is 0.660. The number of amides is 1. The van der Waals surface area contributed by atoms with Crippen molar-refractivity contribution in [3.05, 3.63) is 70.8 Å². The first-order valence-electron chi connectivity index (χ1n) is 7.19. The molecule has 1 amide bonds. The molecule has 0 saturated carbocycles. The minimum atomic E-state index is -0.495. The highest BCUT2D eigenvalue weighted by molar-refractivity contribution is 6.03. The third kappa shape index (κ3) is 3.06. The Labute approximate surface area is 132 Å². The van der Waals surface area contributed by atoms with Crippen LogP contribution in [0.5, 0.6) is 5.75 Å². The Bertz CT molecular complexity index is 901. The van der Waals surface area contributed by atoms with Crippen LogP contribution in [0.4, 0.5) is 5.69 Å². The molecule has 0 aliphatic rings. The van der Waals surface area contributed by atoms with E-state index in [4.69, 9.17) is 4.74 Å². The second kappa shape index (κ2) is 6.31. The Kier molecular flexibility index (Phi) is 4.05. The molecule has 116 valence electrons. The average molecular weight is 309 g/mol. The minimum absolute atomic E-state index is 0.0115. The third-order valence-corrected chi connectivity index (χ3v) is 3.28. The van der Waals surface area contributed by atoms with Crippen molar-refractivity contribution < 1.29 is 9.53 Å². The van der Waals surface area contributed by atoms with E-state index >= 15 is 0 Å². The molecule has 0 saturated heterocycles. The van der Waals surface area contributed by atoms with Crippen molar-refractivity contribution in [3.63, 3.8) is 0 Å². The fourth-order valence-corrected chi connectivity index (χ4v) is 2.18. The summed E-state index contributed by atoms with van der Waals surface area (Å²) >= 11 is 0. The number of benzene rings is 1. The first kappa shape index (κ1) is 14.8. The van der Waals surface area contributed by atoms with Crippen LogP contribution in [0, 0.1) is 0 Å². The zero-order valence-electron chi connectivity index (χ0n) is 12.5. The molecular weight excluding hydrogens is 294 g/mol. The van der Waals surface area contributed by atoms with Crippen LogP contribution in [-0.2, 0) is 0 Å². The van der Waals surface area contributed by atoms with Gasteiger partial charge in [-0.1, -0.05) is 6.07 Å². The van der Waals surface area contributed by atoms with Crippen LogP contribution in [0.25, 0.3) is 5.65 Å². The number of ether oxygens (including phenoxy) is 1. The van der Waals surface area contributed by atoms with Gasteiger partial charge in [-0.3, -0.25) is 14.0 Å². The number of fused-ring (bicyclic) bond motifs is 1. The van der Waals surface area contributed by atoms with Gasteiger partial charge in [0.25, 0.3) is 11.5 Å². The second-order valence-electron chi connectivity index (χ2n) is 4.82. The highest BCUT2D eigenvalue weighted by Gasteiger charge is 2.13. The van der Waals surface area contributed by atoms with Gasteiger partial charge in [0.2, 0.25) is 0 Å². The summed E-state index contributed by atoms with van der Waals surface area (Å²) in [6.07, 6.45) is 2.87. The first-order chi connectivity index (χ1) is 11.2. The topological polar surface area (TPSA) is 72.7 Å². The number of carbonyl (C=O) groups is 1. The lowest BCUT2D eigenvalue weighted by Gasteiger charge is -2.07. The molecule has 0 bridgehead atoms. The van der Waals surface area contributed by atoms with E-state index < -0.39 is 11.5 Å². The lowest BCUT2D eigenvalue weighted by atomic mass is 10.2. The lowest BCUT2D eigenvalue weighted by molar-refractivity contribution is 0.102. The Morgan fingerprint density at radius 2 is 2.00 bits per heavy atom. The van der Waals surface area contributed by atoms with E-state index in [9.17, 15) is 9.59 Å². The fourth-order valence-electron chi connectivity index (χ4n) is 2.18. The maximum absolute atomic E-state index is 12.3. The van der Waals surface area contributed by atoms with E-state index in [1.165, 1.54) is 10.6 Å². The Morgan fingerprint density at radius 3 is 2.74 bits per heavy atom. The molecule has 0 atom stereocenters. The van der Waals surface area contributed by atoms with Gasteiger partial charge in [0.15, 0.2) is 0 Å². The fraction of sp³-hybridized carbons (Fsp3) is 0.118. The molecule has 3 aromatic rings. The number of hydrogen-bond acceptors (Lipinski definition) is 4. The van der Waals surface area contributed by atoms with Crippen molar-refractivity contribution in [2.45, 2.75) is 6.92 Å². The number of carbonyl (C=O) groups excluding carboxylic acids is 1. The van der Waals surface area contributed by atoms with Crippen LogP contribution in [0.15, 0.2) is 59.7 Å². The van der Waals surface area contributed by atoms with E-state index in [2.05, 4.69) is 10.3 Å². The van der Waals surface area contributed by atoms with E-state index in [-0.39, 0.29) is 5.56 Å². The summed E-state index contributed by atoms with van der Waals surface area (Å²) < 4.78 is 6.68. The predicted octanol–water partition coefficient (Wildman–Crippen LogP) is 2.35. The maximum atomic E-state index is 12.3. The average Bonchev–Trinajstić information content (AvgIpc) is 2.57. The van der Waals surface area contributed by atoms with Crippen LogP contribution in [0.2, 0.25) is 0 Å². The van der Waals surface area contributed by atoms with Gasteiger partial charge in [-0.15, -0.1) is 0 Å². The van der Waals surface area contributed by atoms with E-state index in [1.807, 2.05) is 6.92 Å². The monoisotopic (exact) mass is 309 g/mol. The number of nitrogens with zero attached hydrogens (tertiary/aromatic N) is 2. The van der Waals surface area contributed by atoms with Gasteiger partial charge >= 0.3 is 0 Å². The van der Waals surface area contributed by atoms with Gasteiger partial charge < -0.3 is 10.1 Å². The molecule has 1 aromatic carbocycles. The number of hydrogen-bond donors (Lipinski definition) is 1. The van der Waals surface area contributed by atoms with Crippen LogP contribution in [-0.4, -0.2) is 21.9 Å². The zero-order valence-corrected chi connectivity index (χ0v) is 12.5. The molecule has 0 spiro atoms. The number of nitrogens with one attached hydrogen (secondary N) is 1. The van der Waals surface area contributed by atoms with Gasteiger partial charge in [0.05, 0.1) is 6.61 Å². The lowest BCUT2D eigenvalue weighted by Crippen LogP contribution is -2.26. The molecule has 3 rings (SSSR count). The van der Waals surface area contributed by atoms with Gasteiger partial charge in [-0.05, 0) is 43.3 Å².